The smallest absolute Gasteiger partial charge is 0.120 e. The number of rotatable bonds is 5. The molecule has 0 rings (SSSR count). The molecule has 10 heavy (non-hydrogen) atoms. The molecule has 0 aromatic carbocycles. The van der Waals surface area contributed by atoms with Crippen molar-refractivity contribution in [2.45, 2.75) is 26.7 Å². The van der Waals surface area contributed by atoms with Gasteiger partial charge in [-0.2, -0.15) is 0 Å². The summed E-state index contributed by atoms with van der Waals surface area (Å²) in [5, 5.41) is 0. The van der Waals surface area contributed by atoms with Crippen LogP contribution in [-0.4, -0.2) is 12.6 Å². The topological polar surface area (TPSA) is 34.1 Å². The Balaban J connectivity index is 3.70. The van der Waals surface area contributed by atoms with Gasteiger partial charge < -0.3 is 9.59 Å². The maximum Gasteiger partial charge on any atom is 0.120 e. The highest BCUT2D eigenvalue weighted by atomic mass is 16.1. The van der Waals surface area contributed by atoms with Crippen LogP contribution < -0.4 is 0 Å². The summed E-state index contributed by atoms with van der Waals surface area (Å²) < 4.78 is 0. The van der Waals surface area contributed by atoms with Gasteiger partial charge in [0.2, 0.25) is 0 Å². The fourth-order valence-electron chi connectivity index (χ4n) is 0.800. The second-order valence-corrected chi connectivity index (χ2v) is 2.58. The third kappa shape index (κ3) is 3.38. The van der Waals surface area contributed by atoms with Crippen LogP contribution in [0, 0.1) is 11.8 Å². The molecule has 0 spiro atoms. The third-order valence-corrected chi connectivity index (χ3v) is 1.58. The van der Waals surface area contributed by atoms with E-state index in [1.807, 2.05) is 13.8 Å². The fraction of sp³-hybridized carbons (Fsp3) is 0.625. The number of aldehydes is 2. The van der Waals surface area contributed by atoms with E-state index in [2.05, 4.69) is 0 Å². The van der Waals surface area contributed by atoms with Crippen LogP contribution in [0.2, 0.25) is 0 Å². The lowest BCUT2D eigenvalue weighted by Crippen LogP contribution is -2.07. The molecule has 57 valence electrons. The third-order valence-electron chi connectivity index (χ3n) is 1.58. The van der Waals surface area contributed by atoms with E-state index in [9.17, 15) is 9.59 Å². The van der Waals surface area contributed by atoms with Crippen molar-refractivity contribution in [2.75, 3.05) is 0 Å². The number of hydrogen-bond donors (Lipinski definition) is 0. The van der Waals surface area contributed by atoms with Crippen LogP contribution in [-0.2, 0) is 9.59 Å². The van der Waals surface area contributed by atoms with Crippen molar-refractivity contribution in [3.63, 3.8) is 0 Å². The van der Waals surface area contributed by atoms with Crippen LogP contribution in [0.25, 0.3) is 0 Å². The zero-order valence-electron chi connectivity index (χ0n) is 6.46. The molecule has 1 radical (unpaired) electrons. The first-order chi connectivity index (χ1) is 4.72. The van der Waals surface area contributed by atoms with Gasteiger partial charge in [-0.1, -0.05) is 13.8 Å². The van der Waals surface area contributed by atoms with Gasteiger partial charge in [0.05, 0.1) is 0 Å². The Morgan fingerprint density at radius 3 is 1.80 bits per heavy atom. The van der Waals surface area contributed by atoms with Gasteiger partial charge in [-0.25, -0.2) is 0 Å². The molecule has 2 heteroatoms. The molecule has 0 N–H and O–H groups in total. The number of hydrogen-bond acceptors (Lipinski definition) is 2. The van der Waals surface area contributed by atoms with E-state index >= 15 is 0 Å². The van der Waals surface area contributed by atoms with Gasteiger partial charge >= 0.3 is 0 Å². The summed E-state index contributed by atoms with van der Waals surface area (Å²) in [4.78, 5) is 20.1. The largest absolute Gasteiger partial charge is 0.303 e. The van der Waals surface area contributed by atoms with Gasteiger partial charge in [0.1, 0.15) is 12.6 Å². The fourth-order valence-corrected chi connectivity index (χ4v) is 0.800. The monoisotopic (exact) mass is 141 g/mol. The normalized spacial score (nSPS) is 10.4. The van der Waals surface area contributed by atoms with Gasteiger partial charge in [-0.15, -0.1) is 0 Å². The molecule has 0 bridgehead atoms. The molecule has 0 fully saturated rings. The van der Waals surface area contributed by atoms with Crippen molar-refractivity contribution in [1.82, 2.24) is 0 Å². The molecule has 0 aliphatic carbocycles. The highest BCUT2D eigenvalue weighted by Gasteiger charge is 2.11. The van der Waals surface area contributed by atoms with Crippen molar-refractivity contribution in [2.24, 2.45) is 5.92 Å². The van der Waals surface area contributed by atoms with E-state index in [0.29, 0.717) is 12.8 Å². The molecule has 0 amide bonds. The first kappa shape index (κ1) is 9.34. The first-order valence-electron chi connectivity index (χ1n) is 3.39. The second-order valence-electron chi connectivity index (χ2n) is 2.58. The Labute approximate surface area is 61.6 Å². The van der Waals surface area contributed by atoms with Gasteiger partial charge in [0.25, 0.3) is 0 Å². The van der Waals surface area contributed by atoms with Gasteiger partial charge in [0.15, 0.2) is 0 Å². The molecule has 0 atom stereocenters. The molecule has 0 aromatic rings. The molecular formula is C8H13O2. The minimum Gasteiger partial charge on any atom is -0.303 e. The zero-order chi connectivity index (χ0) is 7.98. The molecule has 0 saturated carbocycles. The Hall–Kier alpha value is -0.660. The summed E-state index contributed by atoms with van der Waals surface area (Å²) in [7, 11) is 0. The standard InChI is InChI=1S/C8H13O2/c1-7(2)8(3-5-9)4-6-10/h5-6,8H,3-4H2,1-2H3. The minimum atomic E-state index is 0.162. The SMILES string of the molecule is C[C](C)C(CC=O)CC=O. The second kappa shape index (κ2) is 5.15. The molecule has 2 nitrogen and oxygen atoms in total. The number of carbonyl (C=O) groups is 2. The van der Waals surface area contributed by atoms with Crippen LogP contribution in [0.4, 0.5) is 0 Å². The lowest BCUT2D eigenvalue weighted by molar-refractivity contribution is -0.110. The molecule has 0 unspecified atom stereocenters. The lowest BCUT2D eigenvalue weighted by atomic mass is 9.91. The maximum atomic E-state index is 10.1. The summed E-state index contributed by atoms with van der Waals surface area (Å²) in [5.74, 6) is 1.31. The Morgan fingerprint density at radius 2 is 1.60 bits per heavy atom. The van der Waals surface area contributed by atoms with Crippen LogP contribution >= 0.6 is 0 Å². The molecule has 0 aliphatic heterocycles. The molecule has 0 aliphatic rings. The highest BCUT2D eigenvalue weighted by molar-refractivity contribution is 5.55. The Bertz CT molecular complexity index is 97.8. The first-order valence-corrected chi connectivity index (χ1v) is 3.39. The number of carbonyl (C=O) groups excluding carboxylic acids is 2. The van der Waals surface area contributed by atoms with Gasteiger partial charge in [0, 0.05) is 12.8 Å². The van der Waals surface area contributed by atoms with Crippen molar-refractivity contribution < 1.29 is 9.59 Å². The van der Waals surface area contributed by atoms with Crippen LogP contribution in [0.5, 0.6) is 0 Å². The van der Waals surface area contributed by atoms with E-state index in [1.54, 1.807) is 0 Å². The molecular weight excluding hydrogens is 128 g/mol. The average molecular weight is 141 g/mol. The summed E-state index contributed by atoms with van der Waals surface area (Å²) in [6.45, 7) is 3.88. The van der Waals surface area contributed by atoms with E-state index in [4.69, 9.17) is 0 Å². The highest BCUT2D eigenvalue weighted by Crippen LogP contribution is 2.18. The van der Waals surface area contributed by atoms with E-state index in [0.717, 1.165) is 18.5 Å². The van der Waals surface area contributed by atoms with Crippen molar-refractivity contribution in [3.05, 3.63) is 5.92 Å². The summed E-state index contributed by atoms with van der Waals surface area (Å²) in [5.41, 5.74) is 0. The predicted molar refractivity (Wildman–Crippen MR) is 39.4 cm³/mol. The quantitative estimate of drug-likeness (QED) is 0.542. The Kier molecular flexibility index (Phi) is 4.81. The van der Waals surface area contributed by atoms with Crippen LogP contribution in [0.15, 0.2) is 0 Å². The summed E-state index contributed by atoms with van der Waals surface area (Å²) in [6.07, 6.45) is 2.67. The molecule has 0 heterocycles. The Morgan fingerprint density at radius 1 is 1.20 bits per heavy atom. The van der Waals surface area contributed by atoms with E-state index < -0.39 is 0 Å². The van der Waals surface area contributed by atoms with Crippen molar-refractivity contribution in [1.29, 1.82) is 0 Å². The molecule has 0 aromatic heterocycles. The average Bonchev–Trinajstić information content (AvgIpc) is 1.87. The minimum absolute atomic E-state index is 0.162. The zero-order valence-corrected chi connectivity index (χ0v) is 6.46. The summed E-state index contributed by atoms with van der Waals surface area (Å²) >= 11 is 0. The van der Waals surface area contributed by atoms with Crippen LogP contribution in [0.3, 0.4) is 0 Å². The van der Waals surface area contributed by atoms with Gasteiger partial charge in [-0.05, 0) is 11.8 Å². The summed E-state index contributed by atoms with van der Waals surface area (Å²) in [6, 6.07) is 0. The van der Waals surface area contributed by atoms with Crippen molar-refractivity contribution in [3.8, 4) is 0 Å². The van der Waals surface area contributed by atoms with Crippen molar-refractivity contribution >= 4 is 12.6 Å². The lowest BCUT2D eigenvalue weighted by Gasteiger charge is -2.13. The molecule has 0 saturated heterocycles. The van der Waals surface area contributed by atoms with E-state index in [1.165, 1.54) is 0 Å². The van der Waals surface area contributed by atoms with Gasteiger partial charge in [-0.3, -0.25) is 0 Å². The predicted octanol–water partition coefficient (Wildman–Crippen LogP) is 1.39. The van der Waals surface area contributed by atoms with Crippen LogP contribution in [0.1, 0.15) is 26.7 Å². The maximum absolute atomic E-state index is 10.1. The van der Waals surface area contributed by atoms with E-state index in [-0.39, 0.29) is 5.92 Å².